The van der Waals surface area contributed by atoms with Crippen LogP contribution in [0.1, 0.15) is 64.6 Å². The number of halogens is 1. The molecule has 4 radical (unpaired) electrons. The first kappa shape index (κ1) is 28.5. The second-order valence-electron chi connectivity index (χ2n) is 10.5. The van der Waals surface area contributed by atoms with E-state index in [0.717, 1.165) is 0 Å². The van der Waals surface area contributed by atoms with Crippen LogP contribution in [0.15, 0.2) is 133 Å². The van der Waals surface area contributed by atoms with Crippen LogP contribution >= 0.6 is 10.0 Å². The zero-order chi connectivity index (χ0) is 27.9. The van der Waals surface area contributed by atoms with Gasteiger partial charge in [-0.2, -0.15) is 0 Å². The van der Waals surface area contributed by atoms with Crippen molar-refractivity contribution in [3.8, 4) is 0 Å². The van der Waals surface area contributed by atoms with Crippen LogP contribution in [0.5, 0.6) is 0 Å². The van der Waals surface area contributed by atoms with Crippen LogP contribution in [-0.4, -0.2) is 24.4 Å². The number of nitrogens with zero attached hydrogens (tertiary/aromatic N) is 1. The maximum atomic E-state index is 6.98. The first-order valence-electron chi connectivity index (χ1n) is 13.8. The zero-order valence-corrected chi connectivity index (χ0v) is 27.1. The van der Waals surface area contributed by atoms with Crippen molar-refractivity contribution < 1.29 is 0 Å². The molecular weight excluding hydrogens is 583 g/mol. The summed E-state index contributed by atoms with van der Waals surface area (Å²) in [4.78, 5) is 0. The van der Waals surface area contributed by atoms with E-state index in [1.807, 2.05) is 0 Å². The minimum absolute atomic E-state index is 0.0949. The quantitative estimate of drug-likeness (QED) is 0.112. The standard InChI is InChI=1S/C36H34ClGeNSi/c1-26(2)40-39(38-37)36-32(34(28-16-8-4-9-17-28)29-18-10-5-11-19-29)24-27(3)25-33(36)35(30-20-12-6-13-21-30)31-22-14-7-15-23-31/h4-26,34-35H,1-3H3. The molecule has 0 aliphatic rings. The number of benzene rings is 5. The molecule has 0 bridgehead atoms. The van der Waals surface area contributed by atoms with E-state index in [1.54, 1.807) is 0 Å². The van der Waals surface area contributed by atoms with Crippen molar-refractivity contribution in [2.75, 3.05) is 3.52 Å². The van der Waals surface area contributed by atoms with Crippen LogP contribution in [0.2, 0.25) is 5.54 Å². The SMILES string of the molecule is Cc1cc(C(c2ccccc2)c2ccccc2)c([N]([Si]C(C)C)[Ge][Cl])c(C(c2ccccc2)c2ccccc2)c1. The van der Waals surface area contributed by atoms with Gasteiger partial charge in [0, 0.05) is 0 Å². The van der Waals surface area contributed by atoms with Gasteiger partial charge in [-0.05, 0) is 0 Å². The molecule has 0 aliphatic carbocycles. The van der Waals surface area contributed by atoms with E-state index >= 15 is 0 Å². The first-order valence-corrected chi connectivity index (χ1v) is 18.6. The Kier molecular flexibility index (Phi) is 9.64. The third-order valence-corrected chi connectivity index (χ3v) is 12.0. The average molecular weight is 617 g/mol. The fourth-order valence-electron chi connectivity index (χ4n) is 5.61. The molecule has 0 unspecified atom stereocenters. The molecule has 0 amide bonds. The molecule has 1 nitrogen and oxygen atoms in total. The van der Waals surface area contributed by atoms with Gasteiger partial charge in [-0.1, -0.05) is 0 Å². The molecule has 0 atom stereocenters. The molecule has 198 valence electrons. The fraction of sp³-hybridized carbons (Fsp3) is 0.167. The van der Waals surface area contributed by atoms with E-state index in [0.29, 0.717) is 15.2 Å². The molecule has 0 spiro atoms. The van der Waals surface area contributed by atoms with E-state index in [4.69, 9.17) is 10.0 Å². The molecule has 0 heterocycles. The van der Waals surface area contributed by atoms with Crippen molar-refractivity contribution in [2.24, 2.45) is 0 Å². The van der Waals surface area contributed by atoms with Crippen LogP contribution in [0.4, 0.5) is 5.69 Å². The molecule has 5 aromatic rings. The van der Waals surface area contributed by atoms with E-state index in [2.05, 4.69) is 158 Å². The third kappa shape index (κ3) is 6.46. The Bertz CT molecular complexity index is 1310. The summed E-state index contributed by atoms with van der Waals surface area (Å²) in [5, 5.41) is 0. The number of aryl methyl sites for hydroxylation is 1. The Morgan fingerprint density at radius 3 is 1.18 bits per heavy atom. The summed E-state index contributed by atoms with van der Waals surface area (Å²) in [5.41, 5.74) is 10.9. The van der Waals surface area contributed by atoms with Crippen LogP contribution in [0, 0.1) is 6.92 Å². The summed E-state index contributed by atoms with van der Waals surface area (Å²) in [5.74, 6) is 0.190. The maximum absolute atomic E-state index is 6.98. The second-order valence-corrected chi connectivity index (χ2v) is 15.5. The van der Waals surface area contributed by atoms with E-state index < -0.39 is 14.7 Å². The Labute approximate surface area is 253 Å². The van der Waals surface area contributed by atoms with Crippen LogP contribution in [-0.2, 0) is 0 Å². The van der Waals surface area contributed by atoms with E-state index in [-0.39, 0.29) is 11.8 Å². The molecule has 0 N–H and O–H groups in total. The van der Waals surface area contributed by atoms with Gasteiger partial charge in [0.25, 0.3) is 0 Å². The van der Waals surface area contributed by atoms with E-state index in [1.165, 1.54) is 44.6 Å². The van der Waals surface area contributed by atoms with Crippen molar-refractivity contribution in [1.29, 1.82) is 0 Å². The molecule has 0 saturated heterocycles. The van der Waals surface area contributed by atoms with Gasteiger partial charge in [0.1, 0.15) is 0 Å². The minimum atomic E-state index is -0.887. The monoisotopic (exact) mass is 617 g/mol. The molecule has 0 saturated carbocycles. The predicted octanol–water partition coefficient (Wildman–Crippen LogP) is 9.38. The number of hydrogen-bond donors (Lipinski definition) is 0. The van der Waals surface area contributed by atoms with Crippen molar-refractivity contribution in [1.82, 2.24) is 0 Å². The molecule has 4 heteroatoms. The summed E-state index contributed by atoms with van der Waals surface area (Å²) in [6.45, 7) is 6.84. The van der Waals surface area contributed by atoms with Gasteiger partial charge >= 0.3 is 254 Å². The summed E-state index contributed by atoms with van der Waals surface area (Å²) < 4.78 is 2.55. The number of rotatable bonds is 10. The van der Waals surface area contributed by atoms with Gasteiger partial charge in [0.15, 0.2) is 0 Å². The molecule has 5 rings (SSSR count). The van der Waals surface area contributed by atoms with Gasteiger partial charge in [-0.25, -0.2) is 0 Å². The van der Waals surface area contributed by atoms with Gasteiger partial charge in [0.05, 0.1) is 0 Å². The Morgan fingerprint density at radius 1 is 0.575 bits per heavy atom. The van der Waals surface area contributed by atoms with Gasteiger partial charge in [-0.15, -0.1) is 0 Å². The van der Waals surface area contributed by atoms with Crippen LogP contribution in [0.3, 0.4) is 0 Å². The van der Waals surface area contributed by atoms with Crippen molar-refractivity contribution in [3.05, 3.63) is 172 Å². The molecule has 0 aromatic heterocycles. The van der Waals surface area contributed by atoms with Crippen LogP contribution < -0.4 is 3.52 Å². The average Bonchev–Trinajstić information content (AvgIpc) is 2.98. The zero-order valence-electron chi connectivity index (χ0n) is 23.3. The molecule has 40 heavy (non-hydrogen) atoms. The predicted molar refractivity (Wildman–Crippen MR) is 174 cm³/mol. The molecular formula is C36H34ClGeNSi. The normalized spacial score (nSPS) is 11.4. The van der Waals surface area contributed by atoms with E-state index in [9.17, 15) is 0 Å². The summed E-state index contributed by atoms with van der Waals surface area (Å²) in [6.07, 6.45) is 0. The van der Waals surface area contributed by atoms with Crippen LogP contribution in [0.25, 0.3) is 0 Å². The Hall–Kier alpha value is -3.05. The van der Waals surface area contributed by atoms with Gasteiger partial charge < -0.3 is 0 Å². The summed E-state index contributed by atoms with van der Waals surface area (Å²) in [6, 6.07) is 48.6. The second kappa shape index (κ2) is 13.5. The molecule has 5 aromatic carbocycles. The van der Waals surface area contributed by atoms with Gasteiger partial charge in [-0.3, -0.25) is 0 Å². The van der Waals surface area contributed by atoms with Crippen molar-refractivity contribution in [3.63, 3.8) is 0 Å². The third-order valence-electron chi connectivity index (χ3n) is 7.16. The summed E-state index contributed by atoms with van der Waals surface area (Å²) in [7, 11) is 7.60. The summed E-state index contributed by atoms with van der Waals surface area (Å²) >= 11 is -0.887. The van der Waals surface area contributed by atoms with Crippen molar-refractivity contribution in [2.45, 2.75) is 38.1 Å². The first-order chi connectivity index (χ1) is 19.6. The molecule has 0 aliphatic heterocycles. The Balaban J connectivity index is 1.86. The fourth-order valence-corrected chi connectivity index (χ4v) is 10.4. The van der Waals surface area contributed by atoms with Gasteiger partial charge in [0.2, 0.25) is 0 Å². The molecule has 0 fully saturated rings. The van der Waals surface area contributed by atoms with Crippen molar-refractivity contribution >= 4 is 40.1 Å². The number of anilines is 1. The number of hydrogen-bond acceptors (Lipinski definition) is 1. The topological polar surface area (TPSA) is 3.24 Å². The Morgan fingerprint density at radius 2 is 0.900 bits per heavy atom.